The molecule has 4 heteroatoms. The van der Waals surface area contributed by atoms with Crippen LogP contribution in [0, 0.1) is 0 Å². The first-order valence-electron chi connectivity index (χ1n) is 7.12. The normalized spacial score (nSPS) is 18.5. The number of aromatic nitrogens is 2. The molecule has 0 radical (unpaired) electrons. The van der Waals surface area contributed by atoms with Crippen LogP contribution >= 0.6 is 0 Å². The molecular weight excluding hydrogens is 236 g/mol. The number of fused-ring (bicyclic) bond motifs is 1. The molecule has 1 aliphatic rings. The maximum Gasteiger partial charge on any atom is 0.0706 e. The Morgan fingerprint density at radius 1 is 1.26 bits per heavy atom. The van der Waals surface area contributed by atoms with E-state index in [2.05, 4.69) is 34.6 Å². The molecule has 102 valence electrons. The Balaban J connectivity index is 1.84. The Kier molecular flexibility index (Phi) is 3.19. The summed E-state index contributed by atoms with van der Waals surface area (Å²) in [7, 11) is 0. The van der Waals surface area contributed by atoms with Crippen molar-refractivity contribution < 1.29 is 0 Å². The highest BCUT2D eigenvalue weighted by Crippen LogP contribution is 2.27. The molecule has 0 amide bonds. The van der Waals surface area contributed by atoms with Crippen LogP contribution in [0.15, 0.2) is 24.4 Å². The van der Waals surface area contributed by atoms with Gasteiger partial charge in [0.1, 0.15) is 0 Å². The summed E-state index contributed by atoms with van der Waals surface area (Å²) in [4.78, 5) is 2.54. The molecule has 1 fully saturated rings. The molecule has 0 aliphatic carbocycles. The zero-order valence-corrected chi connectivity index (χ0v) is 11.7. The van der Waals surface area contributed by atoms with Gasteiger partial charge in [0.2, 0.25) is 0 Å². The fourth-order valence-corrected chi connectivity index (χ4v) is 2.99. The van der Waals surface area contributed by atoms with Gasteiger partial charge in [0, 0.05) is 30.2 Å². The van der Waals surface area contributed by atoms with Gasteiger partial charge in [-0.2, -0.15) is 5.10 Å². The molecule has 1 aliphatic heterocycles. The lowest BCUT2D eigenvalue weighted by Crippen LogP contribution is -2.39. The highest BCUT2D eigenvalue weighted by atomic mass is 15.3. The summed E-state index contributed by atoms with van der Waals surface area (Å²) in [5.74, 6) is 0. The summed E-state index contributed by atoms with van der Waals surface area (Å²) < 4.78 is 2.17. The highest BCUT2D eigenvalue weighted by molar-refractivity contribution is 5.81. The molecule has 2 N–H and O–H groups in total. The zero-order valence-electron chi connectivity index (χ0n) is 11.7. The van der Waals surface area contributed by atoms with Crippen molar-refractivity contribution in [2.45, 2.75) is 38.8 Å². The van der Waals surface area contributed by atoms with Crippen molar-refractivity contribution in [2.24, 2.45) is 0 Å². The van der Waals surface area contributed by atoms with E-state index in [4.69, 9.17) is 5.73 Å². The maximum absolute atomic E-state index is 5.89. The number of benzene rings is 1. The van der Waals surface area contributed by atoms with Gasteiger partial charge < -0.3 is 10.6 Å². The zero-order chi connectivity index (χ0) is 13.4. The van der Waals surface area contributed by atoms with Crippen molar-refractivity contribution >= 4 is 16.6 Å². The van der Waals surface area contributed by atoms with E-state index in [1.165, 1.54) is 23.7 Å². The van der Waals surface area contributed by atoms with Crippen LogP contribution in [-0.4, -0.2) is 33.8 Å². The van der Waals surface area contributed by atoms with E-state index in [-0.39, 0.29) is 0 Å². The molecule has 3 rings (SSSR count). The molecule has 2 aromatic rings. The number of anilines is 1. The van der Waals surface area contributed by atoms with E-state index in [0.717, 1.165) is 18.8 Å². The van der Waals surface area contributed by atoms with Gasteiger partial charge in [0.15, 0.2) is 0 Å². The molecule has 1 saturated heterocycles. The molecular formula is C15H22N4. The third kappa shape index (κ3) is 2.32. The lowest BCUT2D eigenvalue weighted by Gasteiger charge is -2.34. The van der Waals surface area contributed by atoms with Gasteiger partial charge in [-0.1, -0.05) is 0 Å². The van der Waals surface area contributed by atoms with Gasteiger partial charge in [-0.25, -0.2) is 0 Å². The van der Waals surface area contributed by atoms with Crippen molar-refractivity contribution in [1.29, 1.82) is 0 Å². The van der Waals surface area contributed by atoms with Crippen molar-refractivity contribution in [3.8, 4) is 0 Å². The Hall–Kier alpha value is -1.55. The monoisotopic (exact) mass is 258 g/mol. The van der Waals surface area contributed by atoms with Crippen LogP contribution in [0.2, 0.25) is 0 Å². The van der Waals surface area contributed by atoms with Gasteiger partial charge >= 0.3 is 0 Å². The SMILES string of the molecule is CC(C)N1CCC(n2ncc3ccc(N)cc32)CC1. The Bertz CT molecular complexity index is 565. The Morgan fingerprint density at radius 3 is 2.68 bits per heavy atom. The number of nitrogens with zero attached hydrogens (tertiary/aromatic N) is 3. The van der Waals surface area contributed by atoms with E-state index >= 15 is 0 Å². The van der Waals surface area contributed by atoms with Crippen LogP contribution < -0.4 is 5.73 Å². The largest absolute Gasteiger partial charge is 0.399 e. The first-order valence-corrected chi connectivity index (χ1v) is 7.12. The van der Waals surface area contributed by atoms with E-state index in [1.54, 1.807) is 0 Å². The van der Waals surface area contributed by atoms with E-state index in [1.807, 2.05) is 18.3 Å². The fourth-order valence-electron chi connectivity index (χ4n) is 2.99. The minimum atomic E-state index is 0.509. The molecule has 1 aromatic carbocycles. The quantitative estimate of drug-likeness (QED) is 0.842. The second kappa shape index (κ2) is 4.85. The van der Waals surface area contributed by atoms with E-state index in [0.29, 0.717) is 12.1 Å². The number of nitrogen functional groups attached to an aromatic ring is 1. The summed E-state index contributed by atoms with van der Waals surface area (Å²) in [6.07, 6.45) is 4.29. The summed E-state index contributed by atoms with van der Waals surface area (Å²) >= 11 is 0. The fraction of sp³-hybridized carbons (Fsp3) is 0.533. The number of rotatable bonds is 2. The molecule has 0 bridgehead atoms. The van der Waals surface area contributed by atoms with Crippen molar-refractivity contribution in [3.63, 3.8) is 0 Å². The Labute approximate surface area is 114 Å². The van der Waals surface area contributed by atoms with Gasteiger partial charge in [0.05, 0.1) is 17.8 Å². The lowest BCUT2D eigenvalue weighted by atomic mass is 10.0. The number of hydrogen-bond acceptors (Lipinski definition) is 3. The van der Waals surface area contributed by atoms with Crippen molar-refractivity contribution in [3.05, 3.63) is 24.4 Å². The summed E-state index contributed by atoms with van der Waals surface area (Å²) in [6.45, 7) is 6.85. The summed E-state index contributed by atoms with van der Waals surface area (Å²) in [6, 6.07) is 7.19. The standard InChI is InChI=1S/C15H22N4/c1-11(2)18-7-5-14(6-8-18)19-15-9-13(16)4-3-12(15)10-17-19/h3-4,9-11,14H,5-8,16H2,1-2H3. The second-order valence-electron chi connectivity index (χ2n) is 5.77. The van der Waals surface area contributed by atoms with Crippen molar-refractivity contribution in [1.82, 2.24) is 14.7 Å². The average molecular weight is 258 g/mol. The van der Waals surface area contributed by atoms with Crippen LogP contribution in [-0.2, 0) is 0 Å². The smallest absolute Gasteiger partial charge is 0.0706 e. The topological polar surface area (TPSA) is 47.1 Å². The van der Waals surface area contributed by atoms with Crippen LogP contribution in [0.5, 0.6) is 0 Å². The molecule has 0 atom stereocenters. The highest BCUT2D eigenvalue weighted by Gasteiger charge is 2.23. The predicted octanol–water partition coefficient (Wildman–Crippen LogP) is 2.66. The Morgan fingerprint density at radius 2 is 2.00 bits per heavy atom. The van der Waals surface area contributed by atoms with Crippen LogP contribution in [0.4, 0.5) is 5.69 Å². The van der Waals surface area contributed by atoms with Crippen LogP contribution in [0.25, 0.3) is 10.9 Å². The number of hydrogen-bond donors (Lipinski definition) is 1. The van der Waals surface area contributed by atoms with Crippen molar-refractivity contribution in [2.75, 3.05) is 18.8 Å². The second-order valence-corrected chi connectivity index (χ2v) is 5.77. The molecule has 0 saturated carbocycles. The van der Waals surface area contributed by atoms with Gasteiger partial charge in [0.25, 0.3) is 0 Å². The molecule has 4 nitrogen and oxygen atoms in total. The third-order valence-corrected chi connectivity index (χ3v) is 4.20. The average Bonchev–Trinajstić information content (AvgIpc) is 2.81. The minimum absolute atomic E-state index is 0.509. The predicted molar refractivity (Wildman–Crippen MR) is 79.1 cm³/mol. The lowest BCUT2D eigenvalue weighted by molar-refractivity contribution is 0.149. The third-order valence-electron chi connectivity index (χ3n) is 4.20. The maximum atomic E-state index is 5.89. The molecule has 1 aromatic heterocycles. The van der Waals surface area contributed by atoms with Gasteiger partial charge in [-0.3, -0.25) is 4.68 Å². The summed E-state index contributed by atoms with van der Waals surface area (Å²) in [5.41, 5.74) is 7.88. The van der Waals surface area contributed by atoms with E-state index < -0.39 is 0 Å². The van der Waals surface area contributed by atoms with Gasteiger partial charge in [-0.15, -0.1) is 0 Å². The van der Waals surface area contributed by atoms with E-state index in [9.17, 15) is 0 Å². The molecule has 2 heterocycles. The minimum Gasteiger partial charge on any atom is -0.399 e. The molecule has 0 spiro atoms. The van der Waals surface area contributed by atoms with Gasteiger partial charge in [-0.05, 0) is 44.9 Å². The number of likely N-dealkylation sites (tertiary alicyclic amines) is 1. The first kappa shape index (κ1) is 12.5. The molecule has 19 heavy (non-hydrogen) atoms. The first-order chi connectivity index (χ1) is 9.15. The van der Waals surface area contributed by atoms with Crippen LogP contribution in [0.3, 0.4) is 0 Å². The number of piperidine rings is 1. The summed E-state index contributed by atoms with van der Waals surface area (Å²) in [5, 5.41) is 5.75. The van der Waals surface area contributed by atoms with Crippen LogP contribution in [0.1, 0.15) is 32.7 Å². The molecule has 0 unspecified atom stereocenters. The number of nitrogens with two attached hydrogens (primary N) is 1.